The predicted molar refractivity (Wildman–Crippen MR) is 107 cm³/mol. The van der Waals surface area contributed by atoms with Gasteiger partial charge in [-0.25, -0.2) is 0 Å². The normalized spacial score (nSPS) is 10.8. The van der Waals surface area contributed by atoms with Crippen LogP contribution in [0.4, 0.5) is 5.69 Å². The first-order valence-corrected chi connectivity index (χ1v) is 9.09. The van der Waals surface area contributed by atoms with Crippen LogP contribution in [0.3, 0.4) is 0 Å². The highest BCUT2D eigenvalue weighted by Gasteiger charge is 2.01. The SMILES string of the molecule is C=C(C)C(=C)CCCOc1ccc(NSc2ccc3[nH][nH]c3c2)cc1. The van der Waals surface area contributed by atoms with Crippen molar-refractivity contribution in [3.05, 3.63) is 66.8 Å². The lowest BCUT2D eigenvalue weighted by atomic mass is 10.1. The topological polar surface area (TPSA) is 52.8 Å². The van der Waals surface area contributed by atoms with Gasteiger partial charge in [0.25, 0.3) is 0 Å². The second-order valence-electron chi connectivity index (χ2n) is 6.02. The summed E-state index contributed by atoms with van der Waals surface area (Å²) >= 11 is 1.59. The van der Waals surface area contributed by atoms with Crippen molar-refractivity contribution in [1.82, 2.24) is 10.2 Å². The lowest BCUT2D eigenvalue weighted by Gasteiger charge is -2.10. The molecule has 3 rings (SSSR count). The van der Waals surface area contributed by atoms with Crippen molar-refractivity contribution in [2.45, 2.75) is 24.7 Å². The van der Waals surface area contributed by atoms with Crippen LogP contribution >= 0.6 is 11.9 Å². The van der Waals surface area contributed by atoms with Gasteiger partial charge in [0.15, 0.2) is 0 Å². The maximum Gasteiger partial charge on any atom is 0.119 e. The Bertz CT molecular complexity index is 861. The molecular formula is C20H23N3OS. The summed E-state index contributed by atoms with van der Waals surface area (Å²) in [6.07, 6.45) is 1.87. The molecule has 4 nitrogen and oxygen atoms in total. The van der Waals surface area contributed by atoms with Gasteiger partial charge in [-0.3, -0.25) is 10.2 Å². The van der Waals surface area contributed by atoms with Gasteiger partial charge in [0.05, 0.1) is 17.6 Å². The molecule has 130 valence electrons. The van der Waals surface area contributed by atoms with E-state index in [-0.39, 0.29) is 0 Å². The molecule has 0 spiro atoms. The van der Waals surface area contributed by atoms with Gasteiger partial charge < -0.3 is 9.46 Å². The molecule has 0 saturated heterocycles. The molecule has 3 N–H and O–H groups in total. The molecule has 0 saturated carbocycles. The minimum atomic E-state index is 0.685. The van der Waals surface area contributed by atoms with Gasteiger partial charge in [0, 0.05) is 10.6 Å². The highest BCUT2D eigenvalue weighted by molar-refractivity contribution is 8.00. The number of benzene rings is 2. The molecule has 0 aliphatic heterocycles. The standard InChI is InChI=1S/C20H23N3OS/c1-14(2)15(3)5-4-12-24-17-8-6-16(7-9-17)23-25-18-10-11-19-20(13-18)22-21-19/h6-11,13,21-23H,1,3-5,12H2,2H3. The van der Waals surface area contributed by atoms with Crippen molar-refractivity contribution in [1.29, 1.82) is 0 Å². The quantitative estimate of drug-likeness (QED) is 0.255. The van der Waals surface area contributed by atoms with Gasteiger partial charge >= 0.3 is 0 Å². The van der Waals surface area contributed by atoms with Gasteiger partial charge in [0.2, 0.25) is 0 Å². The number of anilines is 1. The Morgan fingerprint density at radius 2 is 1.84 bits per heavy atom. The fraction of sp³-hybridized carbons (Fsp3) is 0.200. The average Bonchev–Trinajstić information content (AvgIpc) is 2.59. The van der Waals surface area contributed by atoms with E-state index in [2.05, 4.69) is 46.3 Å². The molecule has 0 bridgehead atoms. The Labute approximate surface area is 152 Å². The third-order valence-corrected chi connectivity index (χ3v) is 4.79. The number of nitrogens with one attached hydrogen (secondary N) is 3. The van der Waals surface area contributed by atoms with Crippen LogP contribution in [-0.2, 0) is 0 Å². The van der Waals surface area contributed by atoms with Crippen LogP contribution in [-0.4, -0.2) is 16.8 Å². The second kappa shape index (κ2) is 8.03. The molecule has 0 unspecified atom stereocenters. The van der Waals surface area contributed by atoms with Crippen molar-refractivity contribution in [3.63, 3.8) is 0 Å². The molecule has 0 aliphatic rings. The lowest BCUT2D eigenvalue weighted by molar-refractivity contribution is 0.311. The maximum absolute atomic E-state index is 5.77. The van der Waals surface area contributed by atoms with E-state index in [9.17, 15) is 0 Å². The summed E-state index contributed by atoms with van der Waals surface area (Å²) in [4.78, 5) is 1.16. The van der Waals surface area contributed by atoms with E-state index >= 15 is 0 Å². The summed E-state index contributed by atoms with van der Waals surface area (Å²) in [7, 11) is 0. The summed E-state index contributed by atoms with van der Waals surface area (Å²) in [5, 5.41) is 6.08. The van der Waals surface area contributed by atoms with E-state index in [4.69, 9.17) is 4.74 Å². The predicted octanol–water partition coefficient (Wildman–Crippen LogP) is 5.91. The third kappa shape index (κ3) is 4.73. The minimum absolute atomic E-state index is 0.685. The largest absolute Gasteiger partial charge is 0.494 e. The summed E-state index contributed by atoms with van der Waals surface area (Å²) in [6, 6.07) is 14.3. The molecule has 0 aliphatic carbocycles. The van der Waals surface area contributed by atoms with Crippen molar-refractivity contribution < 1.29 is 4.74 Å². The molecule has 0 amide bonds. The Morgan fingerprint density at radius 1 is 1.08 bits per heavy atom. The van der Waals surface area contributed by atoms with Crippen molar-refractivity contribution in [2.75, 3.05) is 11.3 Å². The summed E-state index contributed by atoms with van der Waals surface area (Å²) < 4.78 is 9.12. The Kier molecular flexibility index (Phi) is 5.56. The zero-order chi connectivity index (χ0) is 17.6. The Morgan fingerprint density at radius 3 is 2.48 bits per heavy atom. The third-order valence-electron chi connectivity index (χ3n) is 3.96. The van der Waals surface area contributed by atoms with Gasteiger partial charge in [0.1, 0.15) is 5.75 Å². The molecule has 0 atom stereocenters. The number of ether oxygens (including phenoxy) is 1. The van der Waals surface area contributed by atoms with Gasteiger partial charge in [-0.2, -0.15) is 0 Å². The maximum atomic E-state index is 5.77. The molecule has 2 aromatic carbocycles. The number of aromatic amines is 2. The van der Waals surface area contributed by atoms with Crippen LogP contribution in [0, 0.1) is 0 Å². The summed E-state index contributed by atoms with van der Waals surface area (Å²) in [5.41, 5.74) is 5.46. The van der Waals surface area contributed by atoms with Crippen molar-refractivity contribution in [2.24, 2.45) is 0 Å². The fourth-order valence-corrected chi connectivity index (χ4v) is 2.98. The lowest BCUT2D eigenvalue weighted by Crippen LogP contribution is -1.98. The Balaban J connectivity index is 1.42. The second-order valence-corrected chi connectivity index (χ2v) is 6.90. The monoisotopic (exact) mass is 353 g/mol. The molecule has 1 heterocycles. The smallest absolute Gasteiger partial charge is 0.119 e. The molecule has 25 heavy (non-hydrogen) atoms. The van der Waals surface area contributed by atoms with Gasteiger partial charge in [-0.15, -0.1) is 0 Å². The van der Waals surface area contributed by atoms with E-state index in [0.717, 1.165) is 51.4 Å². The zero-order valence-corrected chi connectivity index (χ0v) is 15.2. The van der Waals surface area contributed by atoms with E-state index < -0.39 is 0 Å². The van der Waals surface area contributed by atoms with E-state index in [1.54, 1.807) is 11.9 Å². The molecular weight excluding hydrogens is 330 g/mol. The van der Waals surface area contributed by atoms with Crippen LogP contribution in [0.1, 0.15) is 19.8 Å². The molecule has 1 aromatic heterocycles. The molecule has 3 aromatic rings. The number of allylic oxidation sites excluding steroid dienone is 2. The molecule has 5 heteroatoms. The number of aromatic nitrogens is 2. The van der Waals surface area contributed by atoms with Crippen molar-refractivity contribution >= 4 is 28.7 Å². The highest BCUT2D eigenvalue weighted by Crippen LogP contribution is 2.25. The van der Waals surface area contributed by atoms with Gasteiger partial charge in [-0.05, 0) is 74.2 Å². The minimum Gasteiger partial charge on any atom is -0.494 e. The van der Waals surface area contributed by atoms with Gasteiger partial charge in [-0.1, -0.05) is 24.3 Å². The number of H-pyrrole nitrogens is 2. The first-order valence-electron chi connectivity index (χ1n) is 8.27. The van der Waals surface area contributed by atoms with Crippen LogP contribution < -0.4 is 9.46 Å². The zero-order valence-electron chi connectivity index (χ0n) is 14.4. The fourth-order valence-electron chi connectivity index (χ4n) is 2.30. The number of hydrogen-bond acceptors (Lipinski definition) is 3. The van der Waals surface area contributed by atoms with Crippen LogP contribution in [0.25, 0.3) is 11.0 Å². The highest BCUT2D eigenvalue weighted by atomic mass is 32.2. The average molecular weight is 353 g/mol. The number of fused-ring (bicyclic) bond motifs is 1. The number of rotatable bonds is 9. The summed E-state index contributed by atoms with van der Waals surface area (Å²) in [5.74, 6) is 0.882. The first kappa shape index (κ1) is 17.3. The first-order chi connectivity index (χ1) is 12.1. The van der Waals surface area contributed by atoms with E-state index in [0.29, 0.717) is 6.61 Å². The van der Waals surface area contributed by atoms with Crippen LogP contribution in [0.5, 0.6) is 5.75 Å². The number of hydrogen-bond donors (Lipinski definition) is 3. The Hall–Kier alpha value is -2.53. The van der Waals surface area contributed by atoms with Crippen LogP contribution in [0.15, 0.2) is 71.7 Å². The van der Waals surface area contributed by atoms with Crippen LogP contribution in [0.2, 0.25) is 0 Å². The summed E-state index contributed by atoms with van der Waals surface area (Å²) in [6.45, 7) is 10.6. The van der Waals surface area contributed by atoms with Crippen molar-refractivity contribution in [3.8, 4) is 5.75 Å². The van der Waals surface area contributed by atoms with E-state index in [1.807, 2.05) is 31.2 Å². The molecule has 0 fully saturated rings. The molecule has 0 radical (unpaired) electrons. The van der Waals surface area contributed by atoms with E-state index in [1.165, 1.54) is 0 Å².